The SMILES string of the molecule is Cc1cc(C(=O)NCC(=O)NCCc2ccccc2)nn1C. The van der Waals surface area contributed by atoms with Gasteiger partial charge >= 0.3 is 0 Å². The van der Waals surface area contributed by atoms with Gasteiger partial charge in [-0.2, -0.15) is 5.10 Å². The van der Waals surface area contributed by atoms with Crippen LogP contribution in [0.2, 0.25) is 0 Å². The second-order valence-electron chi connectivity index (χ2n) is 5.06. The van der Waals surface area contributed by atoms with Gasteiger partial charge in [-0.05, 0) is 25.0 Å². The smallest absolute Gasteiger partial charge is 0.272 e. The first-order valence-electron chi connectivity index (χ1n) is 7.15. The van der Waals surface area contributed by atoms with Crippen molar-refractivity contribution in [1.29, 1.82) is 0 Å². The average molecular weight is 300 g/mol. The van der Waals surface area contributed by atoms with E-state index in [0.717, 1.165) is 17.7 Å². The van der Waals surface area contributed by atoms with Crippen LogP contribution in [0, 0.1) is 6.92 Å². The highest BCUT2D eigenvalue weighted by Crippen LogP contribution is 2.00. The van der Waals surface area contributed by atoms with Crippen LogP contribution in [0.1, 0.15) is 21.7 Å². The van der Waals surface area contributed by atoms with Gasteiger partial charge < -0.3 is 10.6 Å². The Morgan fingerprint density at radius 1 is 1.18 bits per heavy atom. The van der Waals surface area contributed by atoms with Gasteiger partial charge in [-0.25, -0.2) is 0 Å². The van der Waals surface area contributed by atoms with Crippen molar-refractivity contribution in [1.82, 2.24) is 20.4 Å². The number of benzene rings is 1. The lowest BCUT2D eigenvalue weighted by Gasteiger charge is -2.06. The molecule has 0 radical (unpaired) electrons. The summed E-state index contributed by atoms with van der Waals surface area (Å²) in [4.78, 5) is 23.5. The molecule has 0 saturated heterocycles. The monoisotopic (exact) mass is 300 g/mol. The Morgan fingerprint density at radius 2 is 1.91 bits per heavy atom. The zero-order chi connectivity index (χ0) is 15.9. The molecule has 2 aromatic rings. The Kier molecular flexibility index (Phi) is 5.30. The van der Waals surface area contributed by atoms with Crippen LogP contribution in [0.4, 0.5) is 0 Å². The maximum atomic E-state index is 11.8. The standard InChI is InChI=1S/C16H20N4O2/c1-12-10-14(19-20(12)2)16(22)18-11-15(21)17-9-8-13-6-4-3-5-7-13/h3-7,10H,8-9,11H2,1-2H3,(H,17,21)(H,18,22). The molecule has 0 aliphatic carbocycles. The zero-order valence-electron chi connectivity index (χ0n) is 12.8. The van der Waals surface area contributed by atoms with Crippen molar-refractivity contribution in [2.45, 2.75) is 13.3 Å². The molecule has 6 nitrogen and oxygen atoms in total. The van der Waals surface area contributed by atoms with E-state index in [-0.39, 0.29) is 18.4 Å². The van der Waals surface area contributed by atoms with Crippen molar-refractivity contribution in [3.8, 4) is 0 Å². The van der Waals surface area contributed by atoms with Crippen molar-refractivity contribution in [2.24, 2.45) is 7.05 Å². The lowest BCUT2D eigenvalue weighted by Crippen LogP contribution is -2.37. The largest absolute Gasteiger partial charge is 0.354 e. The third kappa shape index (κ3) is 4.44. The zero-order valence-corrected chi connectivity index (χ0v) is 12.8. The predicted octanol–water partition coefficient (Wildman–Crippen LogP) is 0.817. The second kappa shape index (κ2) is 7.40. The number of rotatable bonds is 6. The van der Waals surface area contributed by atoms with Crippen molar-refractivity contribution >= 4 is 11.8 Å². The molecule has 2 N–H and O–H groups in total. The first kappa shape index (κ1) is 15.8. The molecule has 0 spiro atoms. The van der Waals surface area contributed by atoms with E-state index in [1.807, 2.05) is 37.3 Å². The molecule has 2 rings (SSSR count). The van der Waals surface area contributed by atoms with Crippen LogP contribution in [0.15, 0.2) is 36.4 Å². The van der Waals surface area contributed by atoms with Crippen LogP contribution in [-0.2, 0) is 18.3 Å². The second-order valence-corrected chi connectivity index (χ2v) is 5.06. The molecule has 0 aliphatic heterocycles. The molecule has 116 valence electrons. The number of nitrogens with zero attached hydrogens (tertiary/aromatic N) is 2. The van der Waals surface area contributed by atoms with Crippen molar-refractivity contribution in [3.05, 3.63) is 53.3 Å². The third-order valence-corrected chi connectivity index (χ3v) is 3.33. The number of carbonyl (C=O) groups is 2. The molecule has 0 saturated carbocycles. The van der Waals surface area contributed by atoms with Gasteiger partial charge in [0.2, 0.25) is 5.91 Å². The first-order chi connectivity index (χ1) is 10.6. The molecule has 2 amide bonds. The Labute approximate surface area is 129 Å². The topological polar surface area (TPSA) is 76.0 Å². The van der Waals surface area contributed by atoms with Crippen LogP contribution in [0.25, 0.3) is 0 Å². The molecule has 22 heavy (non-hydrogen) atoms. The van der Waals surface area contributed by atoms with Gasteiger partial charge in [0.15, 0.2) is 0 Å². The lowest BCUT2D eigenvalue weighted by atomic mass is 10.1. The Morgan fingerprint density at radius 3 is 2.55 bits per heavy atom. The molecule has 0 aliphatic rings. The third-order valence-electron chi connectivity index (χ3n) is 3.33. The Hall–Kier alpha value is -2.63. The van der Waals surface area contributed by atoms with E-state index in [4.69, 9.17) is 0 Å². The maximum Gasteiger partial charge on any atom is 0.272 e. The van der Waals surface area contributed by atoms with Gasteiger partial charge in [-0.1, -0.05) is 30.3 Å². The molecule has 0 unspecified atom stereocenters. The van der Waals surface area contributed by atoms with Gasteiger partial charge in [0.05, 0.1) is 6.54 Å². The summed E-state index contributed by atoms with van der Waals surface area (Å²) in [7, 11) is 1.77. The van der Waals surface area contributed by atoms with E-state index in [2.05, 4.69) is 15.7 Å². The van der Waals surface area contributed by atoms with Crippen molar-refractivity contribution < 1.29 is 9.59 Å². The predicted molar refractivity (Wildman–Crippen MR) is 83.4 cm³/mol. The fraction of sp³-hybridized carbons (Fsp3) is 0.312. The number of aryl methyl sites for hydroxylation is 2. The molecular weight excluding hydrogens is 280 g/mol. The fourth-order valence-electron chi connectivity index (χ4n) is 1.98. The van der Waals surface area contributed by atoms with Crippen LogP contribution in [-0.4, -0.2) is 34.7 Å². The first-order valence-corrected chi connectivity index (χ1v) is 7.15. The van der Waals surface area contributed by atoms with Gasteiger partial charge in [0.25, 0.3) is 5.91 Å². The highest BCUT2D eigenvalue weighted by Gasteiger charge is 2.11. The molecule has 0 fully saturated rings. The number of hydrogen-bond donors (Lipinski definition) is 2. The molecular formula is C16H20N4O2. The minimum atomic E-state index is -0.345. The maximum absolute atomic E-state index is 11.8. The van der Waals surface area contributed by atoms with E-state index in [1.54, 1.807) is 17.8 Å². The minimum absolute atomic E-state index is 0.0523. The number of aromatic nitrogens is 2. The summed E-state index contributed by atoms with van der Waals surface area (Å²) in [6, 6.07) is 11.6. The molecule has 6 heteroatoms. The molecule has 1 aromatic carbocycles. The summed E-state index contributed by atoms with van der Waals surface area (Å²) in [5.41, 5.74) is 2.37. The van der Waals surface area contributed by atoms with Gasteiger partial charge in [-0.3, -0.25) is 14.3 Å². The van der Waals surface area contributed by atoms with Gasteiger partial charge in [0.1, 0.15) is 5.69 Å². The van der Waals surface area contributed by atoms with Gasteiger partial charge in [0, 0.05) is 19.3 Å². The molecule has 1 aromatic heterocycles. The Balaban J connectivity index is 1.70. The van der Waals surface area contributed by atoms with Gasteiger partial charge in [-0.15, -0.1) is 0 Å². The number of hydrogen-bond acceptors (Lipinski definition) is 3. The molecule has 0 bridgehead atoms. The molecule has 1 heterocycles. The quantitative estimate of drug-likeness (QED) is 0.829. The van der Waals surface area contributed by atoms with E-state index >= 15 is 0 Å². The highest BCUT2D eigenvalue weighted by atomic mass is 16.2. The van der Waals surface area contributed by atoms with Crippen molar-refractivity contribution in [3.63, 3.8) is 0 Å². The normalized spacial score (nSPS) is 10.3. The number of amides is 2. The van der Waals surface area contributed by atoms with E-state index in [1.165, 1.54) is 0 Å². The van der Waals surface area contributed by atoms with E-state index < -0.39 is 0 Å². The van der Waals surface area contributed by atoms with Crippen LogP contribution >= 0.6 is 0 Å². The van der Waals surface area contributed by atoms with Crippen LogP contribution in [0.5, 0.6) is 0 Å². The molecule has 0 atom stereocenters. The van der Waals surface area contributed by atoms with E-state index in [0.29, 0.717) is 12.2 Å². The minimum Gasteiger partial charge on any atom is -0.354 e. The fourth-order valence-corrected chi connectivity index (χ4v) is 1.98. The van der Waals surface area contributed by atoms with E-state index in [9.17, 15) is 9.59 Å². The summed E-state index contributed by atoms with van der Waals surface area (Å²) in [6.45, 7) is 2.35. The van der Waals surface area contributed by atoms with Crippen molar-refractivity contribution in [2.75, 3.05) is 13.1 Å². The summed E-state index contributed by atoms with van der Waals surface area (Å²) in [5, 5.41) is 9.40. The number of nitrogens with one attached hydrogen (secondary N) is 2. The summed E-state index contributed by atoms with van der Waals surface area (Å²) in [5.74, 6) is -0.557. The highest BCUT2D eigenvalue weighted by molar-refractivity contribution is 5.94. The lowest BCUT2D eigenvalue weighted by molar-refractivity contribution is -0.120. The van der Waals surface area contributed by atoms with Crippen LogP contribution < -0.4 is 10.6 Å². The Bertz CT molecular complexity index is 630. The summed E-state index contributed by atoms with van der Waals surface area (Å²) < 4.78 is 1.62. The summed E-state index contributed by atoms with van der Waals surface area (Å²) >= 11 is 0. The summed E-state index contributed by atoms with van der Waals surface area (Å²) in [6.07, 6.45) is 0.764. The average Bonchev–Trinajstić information content (AvgIpc) is 2.85. The van der Waals surface area contributed by atoms with Crippen LogP contribution in [0.3, 0.4) is 0 Å². The number of carbonyl (C=O) groups excluding carboxylic acids is 2.